The summed E-state index contributed by atoms with van der Waals surface area (Å²) in [6.07, 6.45) is 4.50. The van der Waals surface area contributed by atoms with Crippen molar-refractivity contribution in [2.75, 3.05) is 26.3 Å². The van der Waals surface area contributed by atoms with Crippen LogP contribution in [0.1, 0.15) is 35.8 Å². The zero-order chi connectivity index (χ0) is 22.1. The van der Waals surface area contributed by atoms with E-state index in [0.29, 0.717) is 56.1 Å². The summed E-state index contributed by atoms with van der Waals surface area (Å²) in [5.74, 6) is 0.0261. The van der Waals surface area contributed by atoms with E-state index in [-0.39, 0.29) is 11.7 Å². The van der Waals surface area contributed by atoms with E-state index in [9.17, 15) is 10.1 Å². The third kappa shape index (κ3) is 3.48. The first-order chi connectivity index (χ1) is 15.7. The highest BCUT2D eigenvalue weighted by molar-refractivity contribution is 6.00. The Hall–Kier alpha value is -3.47. The predicted octanol–water partition coefficient (Wildman–Crippen LogP) is 2.82. The number of pyridine rings is 1. The van der Waals surface area contributed by atoms with Crippen molar-refractivity contribution in [1.29, 1.82) is 5.26 Å². The summed E-state index contributed by atoms with van der Waals surface area (Å²) in [5, 5.41) is 14.1. The monoisotopic (exact) mass is 427 g/mol. The minimum atomic E-state index is -0.495. The van der Waals surface area contributed by atoms with E-state index in [4.69, 9.17) is 10.5 Å². The normalized spacial score (nSPS) is 24.3. The van der Waals surface area contributed by atoms with Gasteiger partial charge in [0.2, 0.25) is 0 Å². The van der Waals surface area contributed by atoms with E-state index < -0.39 is 5.92 Å². The smallest absolute Gasteiger partial charge is 0.162 e. The van der Waals surface area contributed by atoms with Gasteiger partial charge in [-0.25, -0.2) is 5.01 Å². The molecular weight excluding hydrogens is 402 g/mol. The van der Waals surface area contributed by atoms with E-state index in [1.54, 1.807) is 12.4 Å². The van der Waals surface area contributed by atoms with Crippen LogP contribution >= 0.6 is 0 Å². The van der Waals surface area contributed by atoms with E-state index in [1.807, 2.05) is 35.3 Å². The first-order valence-corrected chi connectivity index (χ1v) is 10.9. The second kappa shape index (κ2) is 8.58. The van der Waals surface area contributed by atoms with Gasteiger partial charge in [0.25, 0.3) is 0 Å². The first kappa shape index (κ1) is 20.4. The van der Waals surface area contributed by atoms with Gasteiger partial charge in [-0.05, 0) is 29.5 Å². The Balaban J connectivity index is 1.66. The van der Waals surface area contributed by atoms with Gasteiger partial charge in [0.05, 0.1) is 30.8 Å². The summed E-state index contributed by atoms with van der Waals surface area (Å²) in [5.41, 5.74) is 10.6. The summed E-state index contributed by atoms with van der Waals surface area (Å²) >= 11 is 0. The van der Waals surface area contributed by atoms with Gasteiger partial charge in [0.1, 0.15) is 5.82 Å². The molecular formula is C25H25N5O2. The minimum absolute atomic E-state index is 0.0625. The maximum absolute atomic E-state index is 13.7. The molecule has 0 spiro atoms. The molecule has 2 atom stereocenters. The Bertz CT molecular complexity index is 1110. The second-order valence-electron chi connectivity index (χ2n) is 8.31. The molecule has 7 nitrogen and oxygen atoms in total. The van der Waals surface area contributed by atoms with Gasteiger partial charge in [-0.2, -0.15) is 5.26 Å². The number of allylic oxidation sites excluding steroid dienone is 3. The average Bonchev–Trinajstić information content (AvgIpc) is 2.85. The first-order valence-electron chi connectivity index (χ1n) is 10.9. The van der Waals surface area contributed by atoms with E-state index >= 15 is 0 Å². The third-order valence-corrected chi connectivity index (χ3v) is 6.50. The number of nitriles is 1. The third-order valence-electron chi connectivity index (χ3n) is 6.50. The van der Waals surface area contributed by atoms with E-state index in [2.05, 4.69) is 28.2 Å². The van der Waals surface area contributed by atoms with Gasteiger partial charge in [0.15, 0.2) is 5.78 Å². The Morgan fingerprint density at radius 1 is 1.06 bits per heavy atom. The van der Waals surface area contributed by atoms with Crippen LogP contribution in [0.4, 0.5) is 0 Å². The number of morpholine rings is 1. The summed E-state index contributed by atoms with van der Waals surface area (Å²) in [6.45, 7) is 2.46. The molecule has 0 saturated carbocycles. The van der Waals surface area contributed by atoms with Crippen molar-refractivity contribution in [3.8, 4) is 6.07 Å². The van der Waals surface area contributed by atoms with E-state index in [1.165, 1.54) is 0 Å². The molecule has 1 saturated heterocycles. The Morgan fingerprint density at radius 2 is 1.81 bits per heavy atom. The highest BCUT2D eigenvalue weighted by Gasteiger charge is 2.44. The van der Waals surface area contributed by atoms with Gasteiger partial charge in [-0.1, -0.05) is 36.4 Å². The van der Waals surface area contributed by atoms with Crippen LogP contribution in [0.3, 0.4) is 0 Å². The number of carbonyl (C=O) groups excluding carboxylic acids is 1. The number of Topliss-reactive ketones (excluding diaryl/α,β-unsaturated/α-hetero) is 1. The lowest BCUT2D eigenvalue weighted by atomic mass is 9.72. The van der Waals surface area contributed by atoms with Crippen LogP contribution in [-0.4, -0.2) is 47.1 Å². The van der Waals surface area contributed by atoms with Gasteiger partial charge >= 0.3 is 0 Å². The molecule has 1 aliphatic carbocycles. The number of hydrazine groups is 1. The van der Waals surface area contributed by atoms with Crippen molar-refractivity contribution >= 4 is 5.78 Å². The minimum Gasteiger partial charge on any atom is -0.383 e. The van der Waals surface area contributed by atoms with Crippen LogP contribution in [0.15, 0.2) is 77.5 Å². The van der Waals surface area contributed by atoms with Gasteiger partial charge in [-0.15, -0.1) is 0 Å². The van der Waals surface area contributed by atoms with Gasteiger partial charge in [0, 0.05) is 43.2 Å². The van der Waals surface area contributed by atoms with Crippen molar-refractivity contribution in [2.45, 2.75) is 24.7 Å². The molecule has 162 valence electrons. The molecule has 32 heavy (non-hydrogen) atoms. The fourth-order valence-electron chi connectivity index (χ4n) is 5.03. The molecule has 5 rings (SSSR count). The zero-order valence-corrected chi connectivity index (χ0v) is 17.8. The fraction of sp³-hybridized carbons (Fsp3) is 0.320. The maximum Gasteiger partial charge on any atom is 0.162 e. The number of nitrogens with zero attached hydrogens (tertiary/aromatic N) is 4. The van der Waals surface area contributed by atoms with Crippen LogP contribution in [0, 0.1) is 11.3 Å². The zero-order valence-electron chi connectivity index (χ0n) is 17.8. The molecule has 0 unspecified atom stereocenters. The number of ether oxygens (including phenoxy) is 1. The number of aromatic nitrogens is 1. The van der Waals surface area contributed by atoms with Crippen molar-refractivity contribution in [3.63, 3.8) is 0 Å². The molecule has 0 amide bonds. The number of hydrogen-bond acceptors (Lipinski definition) is 7. The summed E-state index contributed by atoms with van der Waals surface area (Å²) in [4.78, 5) is 17.9. The molecule has 1 aromatic heterocycles. The molecule has 0 radical (unpaired) electrons. The average molecular weight is 428 g/mol. The molecule has 3 aliphatic rings. The second-order valence-corrected chi connectivity index (χ2v) is 8.31. The van der Waals surface area contributed by atoms with Crippen molar-refractivity contribution in [2.24, 2.45) is 5.73 Å². The summed E-state index contributed by atoms with van der Waals surface area (Å²) in [6, 6.07) is 16.2. The number of nitrogens with two attached hydrogens (primary N) is 1. The predicted molar refractivity (Wildman–Crippen MR) is 118 cm³/mol. The maximum atomic E-state index is 13.7. The van der Waals surface area contributed by atoms with Crippen LogP contribution in [0.25, 0.3) is 0 Å². The highest BCUT2D eigenvalue weighted by atomic mass is 16.5. The molecule has 2 aromatic rings. The van der Waals surface area contributed by atoms with Crippen LogP contribution in [0.2, 0.25) is 0 Å². The summed E-state index contributed by atoms with van der Waals surface area (Å²) in [7, 11) is 0. The highest BCUT2D eigenvalue weighted by Crippen LogP contribution is 2.48. The van der Waals surface area contributed by atoms with Crippen molar-refractivity contribution in [1.82, 2.24) is 15.0 Å². The van der Waals surface area contributed by atoms with Crippen LogP contribution < -0.4 is 5.73 Å². The SMILES string of the molecule is N#CC1=C(N)N(N2CCOCC2)C2=C(C(=O)C[C@@H](c3ccccc3)C2)[C@@H]1c1cccnc1. The lowest BCUT2D eigenvalue weighted by molar-refractivity contribution is -0.117. The fourth-order valence-corrected chi connectivity index (χ4v) is 5.03. The molecule has 7 heteroatoms. The molecule has 0 bridgehead atoms. The number of benzene rings is 1. The topological polar surface area (TPSA) is 95.5 Å². The van der Waals surface area contributed by atoms with Crippen molar-refractivity contribution in [3.05, 3.63) is 88.6 Å². The number of ketones is 1. The van der Waals surface area contributed by atoms with Crippen LogP contribution in [-0.2, 0) is 9.53 Å². The van der Waals surface area contributed by atoms with Gasteiger partial charge in [-0.3, -0.25) is 14.8 Å². The Morgan fingerprint density at radius 3 is 2.50 bits per heavy atom. The number of rotatable bonds is 3. The Kier molecular flexibility index (Phi) is 5.48. The lowest BCUT2D eigenvalue weighted by Gasteiger charge is -2.46. The van der Waals surface area contributed by atoms with Gasteiger partial charge < -0.3 is 10.5 Å². The molecule has 1 fully saturated rings. The van der Waals surface area contributed by atoms with Crippen LogP contribution in [0.5, 0.6) is 0 Å². The summed E-state index contributed by atoms with van der Waals surface area (Å²) < 4.78 is 5.54. The van der Waals surface area contributed by atoms with E-state index in [0.717, 1.165) is 16.8 Å². The largest absolute Gasteiger partial charge is 0.383 e. The molecule has 2 aliphatic heterocycles. The van der Waals surface area contributed by atoms with Crippen molar-refractivity contribution < 1.29 is 9.53 Å². The standard InChI is InChI=1S/C25H25N5O2/c26-15-20-23(18-7-4-8-28-16-18)24-21(30(25(20)27)29-9-11-32-12-10-29)13-19(14-22(24)31)17-5-2-1-3-6-17/h1-8,16,19,23H,9-14,27H2/t19-,23+/m0/s1. The Labute approximate surface area is 187 Å². The molecule has 3 heterocycles. The molecule has 2 N–H and O–H groups in total. The quantitative estimate of drug-likeness (QED) is 0.805. The number of hydrogen-bond donors (Lipinski definition) is 1. The lowest BCUT2D eigenvalue weighted by Crippen LogP contribution is -2.52. The number of carbonyl (C=O) groups is 1. The molecule has 1 aromatic carbocycles.